The number of halogens is 1. The molecule has 0 saturated heterocycles. The summed E-state index contributed by atoms with van der Waals surface area (Å²) >= 11 is 6.11. The van der Waals surface area contributed by atoms with E-state index in [0.717, 1.165) is 5.56 Å². The molecule has 0 unspecified atom stereocenters. The van der Waals surface area contributed by atoms with Crippen molar-refractivity contribution < 1.29 is 23.4 Å². The number of hydrogen-bond donors (Lipinski definition) is 0. The van der Waals surface area contributed by atoms with Gasteiger partial charge in [-0.1, -0.05) is 11.6 Å². The van der Waals surface area contributed by atoms with Gasteiger partial charge in [0.15, 0.2) is 0 Å². The number of fused-ring (bicyclic) bond motifs is 1. The zero-order valence-corrected chi connectivity index (χ0v) is 13.0. The molecule has 2 heterocycles. The monoisotopic (exact) mass is 336 g/mol. The molecule has 0 amide bonds. The fraction of sp³-hybridized carbons (Fsp3) is 0.250. The third kappa shape index (κ3) is 3.32. The highest BCUT2D eigenvalue weighted by Crippen LogP contribution is 2.25. The summed E-state index contributed by atoms with van der Waals surface area (Å²) in [4.78, 5) is 23.5. The number of carbonyl (C=O) groups is 1. The van der Waals surface area contributed by atoms with Crippen molar-refractivity contribution in [1.82, 2.24) is 0 Å². The molecule has 0 saturated carbocycles. The van der Waals surface area contributed by atoms with E-state index < -0.39 is 11.6 Å². The highest BCUT2D eigenvalue weighted by Gasteiger charge is 2.18. The van der Waals surface area contributed by atoms with Gasteiger partial charge in [-0.3, -0.25) is 0 Å². The fourth-order valence-corrected chi connectivity index (χ4v) is 2.32. The second-order valence-electron chi connectivity index (χ2n) is 4.97. The normalized spacial score (nSPS) is 13.9. The van der Waals surface area contributed by atoms with Gasteiger partial charge >= 0.3 is 11.6 Å². The summed E-state index contributed by atoms with van der Waals surface area (Å²) in [5.41, 5.74) is 1.15. The summed E-state index contributed by atoms with van der Waals surface area (Å²) in [7, 11) is 0. The van der Waals surface area contributed by atoms with Gasteiger partial charge in [0.2, 0.25) is 5.76 Å². The summed E-state index contributed by atoms with van der Waals surface area (Å²) in [5, 5.41) is 1.15. The smallest absolute Gasteiger partial charge is 0.377 e. The van der Waals surface area contributed by atoms with Crippen LogP contribution in [0.2, 0.25) is 5.02 Å². The first-order chi connectivity index (χ1) is 11.0. The van der Waals surface area contributed by atoms with Crippen molar-refractivity contribution in [3.05, 3.63) is 56.8 Å². The van der Waals surface area contributed by atoms with E-state index in [-0.39, 0.29) is 19.0 Å². The van der Waals surface area contributed by atoms with Crippen LogP contribution in [0.25, 0.3) is 11.0 Å². The second kappa shape index (κ2) is 6.34. The molecule has 0 radical (unpaired) electrons. The minimum Gasteiger partial charge on any atom is -0.493 e. The lowest BCUT2D eigenvalue weighted by Crippen LogP contribution is -2.17. The number of hydrogen-bond acceptors (Lipinski definition) is 6. The molecule has 0 N–H and O–H groups in total. The molecule has 0 spiro atoms. The van der Waals surface area contributed by atoms with Crippen LogP contribution in [0.4, 0.5) is 0 Å². The molecule has 0 bridgehead atoms. The van der Waals surface area contributed by atoms with Gasteiger partial charge in [-0.15, -0.1) is 0 Å². The van der Waals surface area contributed by atoms with Crippen molar-refractivity contribution in [2.75, 3.05) is 13.2 Å². The molecule has 1 aromatic carbocycles. The average Bonchev–Trinajstić information content (AvgIpc) is 2.55. The minimum absolute atomic E-state index is 0.00241. The Hall–Kier alpha value is -2.47. The van der Waals surface area contributed by atoms with E-state index in [9.17, 15) is 9.59 Å². The van der Waals surface area contributed by atoms with Crippen molar-refractivity contribution in [3.8, 4) is 0 Å². The van der Waals surface area contributed by atoms with E-state index >= 15 is 0 Å². The molecular formula is C16H13ClO6. The Morgan fingerprint density at radius 3 is 2.87 bits per heavy atom. The van der Waals surface area contributed by atoms with E-state index in [2.05, 4.69) is 0 Å². The average molecular weight is 337 g/mol. The number of benzene rings is 1. The number of rotatable bonds is 3. The molecule has 1 aliphatic heterocycles. The van der Waals surface area contributed by atoms with Crippen LogP contribution in [0, 0.1) is 6.92 Å². The molecule has 0 fully saturated rings. The summed E-state index contributed by atoms with van der Waals surface area (Å²) in [6.45, 7) is 2.37. The first-order valence-corrected chi connectivity index (χ1v) is 7.27. The Kier molecular flexibility index (Phi) is 4.25. The first-order valence-electron chi connectivity index (χ1n) is 6.89. The summed E-state index contributed by atoms with van der Waals surface area (Å²) in [5.74, 6) is -0.665. The van der Waals surface area contributed by atoms with Crippen molar-refractivity contribution in [3.63, 3.8) is 0 Å². The molecular weight excluding hydrogens is 324 g/mol. The Bertz CT molecular complexity index is 852. The van der Waals surface area contributed by atoms with Crippen LogP contribution in [0.15, 0.2) is 39.4 Å². The Balaban J connectivity index is 1.87. The highest BCUT2D eigenvalue weighted by molar-refractivity contribution is 6.32. The fourth-order valence-electron chi connectivity index (χ4n) is 2.16. The maximum atomic E-state index is 11.9. The third-order valence-electron chi connectivity index (χ3n) is 3.32. The zero-order valence-electron chi connectivity index (χ0n) is 12.3. The molecule has 1 aliphatic rings. The molecule has 0 aliphatic carbocycles. The van der Waals surface area contributed by atoms with Crippen LogP contribution < -0.4 is 5.63 Å². The second-order valence-corrected chi connectivity index (χ2v) is 5.37. The lowest BCUT2D eigenvalue weighted by atomic mass is 10.1. The number of carbonyl (C=O) groups excluding carboxylic acids is 1. The molecule has 1 aromatic heterocycles. The standard InChI is InChI=1S/C16H13ClO6/c1-9-4-13-11(6-12(9)17)10(5-15(18)23-13)7-22-16(19)14-8-20-2-3-21-14/h4-6,8H,2-3,7H2,1H3. The first kappa shape index (κ1) is 15.4. The Morgan fingerprint density at radius 2 is 2.13 bits per heavy atom. The number of aryl methyl sites for hydroxylation is 1. The van der Waals surface area contributed by atoms with Crippen LogP contribution in [0.1, 0.15) is 11.1 Å². The van der Waals surface area contributed by atoms with E-state index in [4.69, 9.17) is 30.2 Å². The van der Waals surface area contributed by atoms with Gasteiger partial charge in [-0.05, 0) is 24.6 Å². The van der Waals surface area contributed by atoms with Crippen molar-refractivity contribution in [2.45, 2.75) is 13.5 Å². The van der Waals surface area contributed by atoms with Crippen molar-refractivity contribution in [1.29, 1.82) is 0 Å². The van der Waals surface area contributed by atoms with Gasteiger partial charge in [0, 0.05) is 22.0 Å². The van der Waals surface area contributed by atoms with Crippen LogP contribution >= 0.6 is 11.6 Å². The topological polar surface area (TPSA) is 75.0 Å². The molecule has 120 valence electrons. The molecule has 3 rings (SSSR count). The largest absolute Gasteiger partial charge is 0.493 e. The minimum atomic E-state index is -0.663. The van der Waals surface area contributed by atoms with Crippen LogP contribution in [-0.4, -0.2) is 19.2 Å². The lowest BCUT2D eigenvalue weighted by Gasteiger charge is -2.14. The zero-order chi connectivity index (χ0) is 16.4. The van der Waals surface area contributed by atoms with E-state index in [1.165, 1.54) is 12.3 Å². The highest BCUT2D eigenvalue weighted by atomic mass is 35.5. The molecule has 23 heavy (non-hydrogen) atoms. The van der Waals surface area contributed by atoms with Crippen LogP contribution in [0.5, 0.6) is 0 Å². The van der Waals surface area contributed by atoms with E-state index in [1.807, 2.05) is 0 Å². The summed E-state index contributed by atoms with van der Waals surface area (Å²) in [6.07, 6.45) is 1.21. The number of ether oxygens (including phenoxy) is 3. The van der Waals surface area contributed by atoms with E-state index in [0.29, 0.717) is 28.2 Å². The van der Waals surface area contributed by atoms with Gasteiger partial charge in [0.05, 0.1) is 0 Å². The quantitative estimate of drug-likeness (QED) is 0.633. The van der Waals surface area contributed by atoms with Gasteiger partial charge in [0.25, 0.3) is 0 Å². The predicted octanol–water partition coefficient (Wildman–Crippen LogP) is 2.69. The Morgan fingerprint density at radius 1 is 1.30 bits per heavy atom. The lowest BCUT2D eigenvalue weighted by molar-refractivity contribution is -0.145. The molecule has 0 atom stereocenters. The summed E-state index contributed by atoms with van der Waals surface area (Å²) < 4.78 is 20.5. The Labute approximate surface area is 136 Å². The van der Waals surface area contributed by atoms with Gasteiger partial charge in [-0.25, -0.2) is 9.59 Å². The maximum absolute atomic E-state index is 11.9. The van der Waals surface area contributed by atoms with Gasteiger partial charge in [0.1, 0.15) is 31.7 Å². The summed E-state index contributed by atoms with van der Waals surface area (Å²) in [6, 6.07) is 4.62. The van der Waals surface area contributed by atoms with Crippen LogP contribution in [0.3, 0.4) is 0 Å². The number of esters is 1. The third-order valence-corrected chi connectivity index (χ3v) is 3.73. The molecule has 7 heteroatoms. The van der Waals surface area contributed by atoms with E-state index in [1.54, 1.807) is 19.1 Å². The predicted molar refractivity (Wildman–Crippen MR) is 82.0 cm³/mol. The van der Waals surface area contributed by atoms with Crippen LogP contribution in [-0.2, 0) is 25.6 Å². The maximum Gasteiger partial charge on any atom is 0.377 e. The van der Waals surface area contributed by atoms with Gasteiger partial charge < -0.3 is 18.6 Å². The molecule has 2 aromatic rings. The van der Waals surface area contributed by atoms with Gasteiger partial charge in [-0.2, -0.15) is 0 Å². The SMILES string of the molecule is Cc1cc2oc(=O)cc(COC(=O)C3=COCCO3)c2cc1Cl. The van der Waals surface area contributed by atoms with Crippen molar-refractivity contribution in [2.24, 2.45) is 0 Å². The molecule has 6 nitrogen and oxygen atoms in total. The van der Waals surface area contributed by atoms with Crippen molar-refractivity contribution >= 4 is 28.5 Å².